The molecule has 1 heterocycles. The molecule has 0 bridgehead atoms. The molecule has 0 atom stereocenters. The number of hydrogen-bond donors (Lipinski definition) is 0. The van der Waals surface area contributed by atoms with E-state index >= 15 is 0 Å². The number of nitrogens with zero attached hydrogens (tertiary/aromatic N) is 1. The molecule has 1 aromatic heterocycles. The third-order valence-corrected chi connectivity index (χ3v) is 4.60. The SMILES string of the molecule is O=C(Oc1ccc2oc(-c3ccc(Cl)cc3)cc(=O)c2c1)c1ccc([N+](=O)[O-])cc1. The first-order chi connectivity index (χ1) is 14.4. The number of carbonyl (C=O) groups excluding carboxylic acids is 1. The molecular weight excluding hydrogens is 410 g/mol. The molecule has 0 saturated heterocycles. The molecule has 0 aliphatic carbocycles. The molecule has 0 amide bonds. The highest BCUT2D eigenvalue weighted by Crippen LogP contribution is 2.26. The van der Waals surface area contributed by atoms with Gasteiger partial charge in [0.05, 0.1) is 15.9 Å². The Kier molecular flexibility index (Phi) is 5.04. The molecule has 3 aromatic carbocycles. The van der Waals surface area contributed by atoms with E-state index in [1.165, 1.54) is 48.5 Å². The van der Waals surface area contributed by atoms with Gasteiger partial charge in [0.25, 0.3) is 5.69 Å². The fourth-order valence-electron chi connectivity index (χ4n) is 2.84. The molecule has 148 valence electrons. The Morgan fingerprint density at radius 2 is 1.67 bits per heavy atom. The van der Waals surface area contributed by atoms with Crippen LogP contribution in [-0.4, -0.2) is 10.9 Å². The van der Waals surface area contributed by atoms with E-state index in [1.807, 2.05) is 0 Å². The monoisotopic (exact) mass is 421 g/mol. The van der Waals surface area contributed by atoms with Crippen molar-refractivity contribution in [2.24, 2.45) is 0 Å². The molecule has 0 saturated carbocycles. The summed E-state index contributed by atoms with van der Waals surface area (Å²) in [5, 5.41) is 11.5. The van der Waals surface area contributed by atoms with Crippen LogP contribution in [0, 0.1) is 10.1 Å². The highest BCUT2D eigenvalue weighted by molar-refractivity contribution is 6.30. The predicted octanol–water partition coefficient (Wildman–Crippen LogP) is 5.24. The molecule has 0 aliphatic rings. The number of hydrogen-bond acceptors (Lipinski definition) is 6. The standard InChI is InChI=1S/C22H12ClNO6/c23-15-5-1-13(2-6-15)21-12-19(25)18-11-17(9-10-20(18)30-21)29-22(26)14-3-7-16(8-4-14)24(27)28/h1-12H. The maximum atomic E-state index is 12.6. The Balaban J connectivity index is 1.61. The molecular formula is C22H12ClNO6. The summed E-state index contributed by atoms with van der Waals surface area (Å²) in [5.41, 5.74) is 0.751. The van der Waals surface area contributed by atoms with Crippen molar-refractivity contribution in [3.05, 3.63) is 104 Å². The lowest BCUT2D eigenvalue weighted by Gasteiger charge is -2.07. The van der Waals surface area contributed by atoms with Crippen LogP contribution in [0.1, 0.15) is 10.4 Å². The summed E-state index contributed by atoms with van der Waals surface area (Å²) in [7, 11) is 0. The molecule has 8 heteroatoms. The molecule has 0 N–H and O–H groups in total. The van der Waals surface area contributed by atoms with Gasteiger partial charge in [-0.2, -0.15) is 0 Å². The van der Waals surface area contributed by atoms with Crippen molar-refractivity contribution < 1.29 is 18.9 Å². The van der Waals surface area contributed by atoms with Crippen LogP contribution >= 0.6 is 11.6 Å². The molecule has 0 spiro atoms. The largest absolute Gasteiger partial charge is 0.456 e. The first-order valence-corrected chi connectivity index (χ1v) is 9.09. The maximum absolute atomic E-state index is 12.6. The van der Waals surface area contributed by atoms with Crippen molar-refractivity contribution in [1.29, 1.82) is 0 Å². The molecule has 7 nitrogen and oxygen atoms in total. The predicted molar refractivity (Wildman–Crippen MR) is 111 cm³/mol. The van der Waals surface area contributed by atoms with Crippen LogP contribution in [0.5, 0.6) is 5.75 Å². The van der Waals surface area contributed by atoms with Crippen LogP contribution in [0.15, 0.2) is 82.0 Å². The van der Waals surface area contributed by atoms with Gasteiger partial charge in [0.15, 0.2) is 5.43 Å². The Hall–Kier alpha value is -3.97. The minimum atomic E-state index is -0.702. The van der Waals surface area contributed by atoms with Crippen LogP contribution in [0.2, 0.25) is 5.02 Å². The summed E-state index contributed by atoms with van der Waals surface area (Å²) in [6.07, 6.45) is 0. The molecule has 0 unspecified atom stereocenters. The number of carbonyl (C=O) groups is 1. The summed E-state index contributed by atoms with van der Waals surface area (Å²) in [6, 6.07) is 17.7. The normalized spacial score (nSPS) is 10.7. The first-order valence-electron chi connectivity index (χ1n) is 8.71. The third kappa shape index (κ3) is 3.92. The van der Waals surface area contributed by atoms with E-state index in [9.17, 15) is 19.7 Å². The molecule has 4 aromatic rings. The molecule has 0 radical (unpaired) electrons. The van der Waals surface area contributed by atoms with Crippen molar-refractivity contribution >= 4 is 34.2 Å². The first kappa shape index (κ1) is 19.4. The fourth-order valence-corrected chi connectivity index (χ4v) is 2.97. The summed E-state index contributed by atoms with van der Waals surface area (Å²) in [4.78, 5) is 35.0. The average Bonchev–Trinajstić information content (AvgIpc) is 2.74. The van der Waals surface area contributed by atoms with Gasteiger partial charge in [-0.15, -0.1) is 0 Å². The lowest BCUT2D eigenvalue weighted by Crippen LogP contribution is -2.09. The lowest BCUT2D eigenvalue weighted by molar-refractivity contribution is -0.384. The zero-order valence-electron chi connectivity index (χ0n) is 15.2. The van der Waals surface area contributed by atoms with Crippen molar-refractivity contribution in [3.63, 3.8) is 0 Å². The van der Waals surface area contributed by atoms with Crippen LogP contribution in [-0.2, 0) is 0 Å². The molecule has 0 aliphatic heterocycles. The minimum Gasteiger partial charge on any atom is -0.456 e. The van der Waals surface area contributed by atoms with Crippen molar-refractivity contribution in [1.82, 2.24) is 0 Å². The van der Waals surface area contributed by atoms with Crippen molar-refractivity contribution in [3.8, 4) is 17.1 Å². The van der Waals surface area contributed by atoms with E-state index in [0.29, 0.717) is 21.9 Å². The number of nitro groups is 1. The number of nitro benzene ring substituents is 1. The van der Waals surface area contributed by atoms with E-state index in [0.717, 1.165) is 0 Å². The van der Waals surface area contributed by atoms with Crippen molar-refractivity contribution in [2.75, 3.05) is 0 Å². The van der Waals surface area contributed by atoms with Gasteiger partial charge in [0.1, 0.15) is 17.1 Å². The van der Waals surface area contributed by atoms with Gasteiger partial charge in [0, 0.05) is 28.8 Å². The Morgan fingerprint density at radius 1 is 0.967 bits per heavy atom. The smallest absolute Gasteiger partial charge is 0.343 e. The van der Waals surface area contributed by atoms with Gasteiger partial charge < -0.3 is 9.15 Å². The van der Waals surface area contributed by atoms with Crippen LogP contribution in [0.3, 0.4) is 0 Å². The maximum Gasteiger partial charge on any atom is 0.343 e. The van der Waals surface area contributed by atoms with E-state index in [1.54, 1.807) is 24.3 Å². The number of benzene rings is 3. The molecule has 0 fully saturated rings. The van der Waals surface area contributed by atoms with Gasteiger partial charge in [-0.25, -0.2) is 4.79 Å². The van der Waals surface area contributed by atoms with Gasteiger partial charge in [0.2, 0.25) is 0 Å². The van der Waals surface area contributed by atoms with Crippen LogP contribution in [0.25, 0.3) is 22.3 Å². The quantitative estimate of drug-likeness (QED) is 0.193. The average molecular weight is 422 g/mol. The number of non-ortho nitro benzene ring substituents is 1. The number of rotatable bonds is 4. The highest BCUT2D eigenvalue weighted by Gasteiger charge is 2.13. The van der Waals surface area contributed by atoms with Crippen LogP contribution < -0.4 is 10.2 Å². The topological polar surface area (TPSA) is 99.7 Å². The Morgan fingerprint density at radius 3 is 2.33 bits per heavy atom. The van der Waals surface area contributed by atoms with Crippen molar-refractivity contribution in [2.45, 2.75) is 0 Å². The zero-order chi connectivity index (χ0) is 21.3. The minimum absolute atomic E-state index is 0.133. The summed E-state index contributed by atoms with van der Waals surface area (Å²) in [5.74, 6) is -0.163. The third-order valence-electron chi connectivity index (χ3n) is 4.35. The number of esters is 1. The summed E-state index contributed by atoms with van der Waals surface area (Å²) >= 11 is 5.89. The number of ether oxygens (including phenoxy) is 1. The second-order valence-electron chi connectivity index (χ2n) is 6.33. The number of halogens is 1. The summed E-state index contributed by atoms with van der Waals surface area (Å²) in [6.45, 7) is 0. The Bertz CT molecular complexity index is 1330. The Labute approximate surface area is 174 Å². The van der Waals surface area contributed by atoms with E-state index < -0.39 is 10.9 Å². The van der Waals surface area contributed by atoms with E-state index in [4.69, 9.17) is 20.8 Å². The highest BCUT2D eigenvalue weighted by atomic mass is 35.5. The zero-order valence-corrected chi connectivity index (χ0v) is 16.0. The molecule has 4 rings (SSSR count). The van der Waals surface area contributed by atoms with Crippen LogP contribution in [0.4, 0.5) is 5.69 Å². The van der Waals surface area contributed by atoms with Gasteiger partial charge >= 0.3 is 5.97 Å². The van der Waals surface area contributed by atoms with Gasteiger partial charge in [-0.05, 0) is 54.6 Å². The summed E-state index contributed by atoms with van der Waals surface area (Å²) < 4.78 is 11.1. The van der Waals surface area contributed by atoms with Gasteiger partial charge in [-0.3, -0.25) is 14.9 Å². The lowest BCUT2D eigenvalue weighted by atomic mass is 10.1. The number of fused-ring (bicyclic) bond motifs is 1. The van der Waals surface area contributed by atoms with Gasteiger partial charge in [-0.1, -0.05) is 11.6 Å². The van der Waals surface area contributed by atoms with E-state index in [2.05, 4.69) is 0 Å². The molecule has 30 heavy (non-hydrogen) atoms. The second-order valence-corrected chi connectivity index (χ2v) is 6.77. The second kappa shape index (κ2) is 7.81. The van der Waals surface area contributed by atoms with E-state index in [-0.39, 0.29) is 27.8 Å². The fraction of sp³-hybridized carbons (Fsp3) is 0.